The van der Waals surface area contributed by atoms with Crippen LogP contribution in [0.5, 0.6) is 23.0 Å². The first-order valence-corrected chi connectivity index (χ1v) is 6.27. The molecule has 0 heterocycles. The summed E-state index contributed by atoms with van der Waals surface area (Å²) in [5.74, 6) is 1.94. The first kappa shape index (κ1) is 14.1. The molecule has 0 fully saturated rings. The third-order valence-electron chi connectivity index (χ3n) is 2.96. The Morgan fingerprint density at radius 3 is 2.35 bits per heavy atom. The summed E-state index contributed by atoms with van der Waals surface area (Å²) < 4.78 is 16.1. The van der Waals surface area contributed by atoms with Gasteiger partial charge in [0.2, 0.25) is 0 Å². The van der Waals surface area contributed by atoms with Gasteiger partial charge in [0, 0.05) is 0 Å². The predicted octanol–water partition coefficient (Wildman–Crippen LogP) is 3.30. The molecular formula is C16H18O4. The van der Waals surface area contributed by atoms with Gasteiger partial charge in [-0.15, -0.1) is 0 Å². The Kier molecular flexibility index (Phi) is 4.35. The zero-order chi connectivity index (χ0) is 14.5. The number of benzene rings is 2. The molecule has 20 heavy (non-hydrogen) atoms. The molecule has 0 radical (unpaired) electrons. The minimum Gasteiger partial charge on any atom is -0.504 e. The van der Waals surface area contributed by atoms with Crippen molar-refractivity contribution in [3.05, 3.63) is 47.5 Å². The molecule has 0 spiro atoms. The Morgan fingerprint density at radius 2 is 1.65 bits per heavy atom. The highest BCUT2D eigenvalue weighted by Crippen LogP contribution is 2.30. The summed E-state index contributed by atoms with van der Waals surface area (Å²) in [4.78, 5) is 0. The Bertz CT molecular complexity index is 593. The van der Waals surface area contributed by atoms with Crippen LogP contribution in [0.25, 0.3) is 0 Å². The third-order valence-corrected chi connectivity index (χ3v) is 2.96. The van der Waals surface area contributed by atoms with Crippen LogP contribution in [0.2, 0.25) is 0 Å². The fourth-order valence-electron chi connectivity index (χ4n) is 1.87. The van der Waals surface area contributed by atoms with Gasteiger partial charge in [0.05, 0.1) is 14.2 Å². The number of hydrogen-bond acceptors (Lipinski definition) is 4. The molecule has 2 aromatic rings. The Hall–Kier alpha value is -2.36. The van der Waals surface area contributed by atoms with Gasteiger partial charge in [0.1, 0.15) is 6.61 Å². The number of ether oxygens (including phenoxy) is 3. The van der Waals surface area contributed by atoms with Crippen LogP contribution >= 0.6 is 0 Å². The summed E-state index contributed by atoms with van der Waals surface area (Å²) >= 11 is 0. The molecule has 2 rings (SSSR count). The summed E-state index contributed by atoms with van der Waals surface area (Å²) in [5.41, 5.74) is 2.02. The molecule has 0 aliphatic carbocycles. The maximum atomic E-state index is 9.55. The first-order chi connectivity index (χ1) is 9.63. The van der Waals surface area contributed by atoms with Crippen LogP contribution in [0.4, 0.5) is 0 Å². The highest BCUT2D eigenvalue weighted by molar-refractivity contribution is 5.44. The number of phenolic OH excluding ortho intramolecular Hbond substituents is 1. The predicted molar refractivity (Wildman–Crippen MR) is 76.7 cm³/mol. The second-order valence-electron chi connectivity index (χ2n) is 4.45. The zero-order valence-electron chi connectivity index (χ0n) is 11.8. The van der Waals surface area contributed by atoms with Crippen molar-refractivity contribution < 1.29 is 19.3 Å². The van der Waals surface area contributed by atoms with E-state index in [1.54, 1.807) is 25.3 Å². The van der Waals surface area contributed by atoms with Crippen LogP contribution < -0.4 is 14.2 Å². The summed E-state index contributed by atoms with van der Waals surface area (Å²) in [6.45, 7) is 2.37. The van der Waals surface area contributed by atoms with E-state index in [4.69, 9.17) is 14.2 Å². The smallest absolute Gasteiger partial charge is 0.161 e. The molecular weight excluding hydrogens is 256 g/mol. The maximum Gasteiger partial charge on any atom is 0.161 e. The van der Waals surface area contributed by atoms with E-state index in [1.807, 2.05) is 25.1 Å². The lowest BCUT2D eigenvalue weighted by Gasteiger charge is -2.12. The summed E-state index contributed by atoms with van der Waals surface area (Å²) in [6, 6.07) is 10.9. The second kappa shape index (κ2) is 6.19. The lowest BCUT2D eigenvalue weighted by Crippen LogP contribution is -1.98. The van der Waals surface area contributed by atoms with Crippen LogP contribution in [-0.2, 0) is 6.61 Å². The van der Waals surface area contributed by atoms with E-state index in [1.165, 1.54) is 7.11 Å². The van der Waals surface area contributed by atoms with E-state index >= 15 is 0 Å². The van der Waals surface area contributed by atoms with Crippen LogP contribution in [0.1, 0.15) is 11.1 Å². The van der Waals surface area contributed by atoms with Gasteiger partial charge in [-0.2, -0.15) is 0 Å². The largest absolute Gasteiger partial charge is 0.504 e. The normalized spacial score (nSPS) is 10.2. The molecule has 4 nitrogen and oxygen atoms in total. The lowest BCUT2D eigenvalue weighted by molar-refractivity contribution is 0.283. The molecule has 0 saturated heterocycles. The van der Waals surface area contributed by atoms with Crippen molar-refractivity contribution in [2.24, 2.45) is 0 Å². The van der Waals surface area contributed by atoms with Crippen molar-refractivity contribution in [1.82, 2.24) is 0 Å². The van der Waals surface area contributed by atoms with Crippen molar-refractivity contribution in [1.29, 1.82) is 0 Å². The summed E-state index contributed by atoms with van der Waals surface area (Å²) in [6.07, 6.45) is 0. The molecule has 0 amide bonds. The number of hydrogen-bond donors (Lipinski definition) is 1. The number of aryl methyl sites for hydroxylation is 1. The highest BCUT2D eigenvalue weighted by atomic mass is 16.5. The fourth-order valence-corrected chi connectivity index (χ4v) is 1.87. The van der Waals surface area contributed by atoms with E-state index in [9.17, 15) is 5.11 Å². The molecule has 106 valence electrons. The average Bonchev–Trinajstić information content (AvgIpc) is 2.47. The van der Waals surface area contributed by atoms with Crippen molar-refractivity contribution in [2.45, 2.75) is 13.5 Å². The molecule has 2 aromatic carbocycles. The Labute approximate surface area is 118 Å². The van der Waals surface area contributed by atoms with Crippen LogP contribution in [0.3, 0.4) is 0 Å². The Morgan fingerprint density at radius 1 is 0.900 bits per heavy atom. The van der Waals surface area contributed by atoms with Gasteiger partial charge in [0.15, 0.2) is 23.0 Å². The SMILES string of the molecule is COc1cc(COc2ccc(C)cc2OC)ccc1O. The molecule has 0 saturated carbocycles. The maximum absolute atomic E-state index is 9.55. The van der Waals surface area contributed by atoms with Crippen LogP contribution in [-0.4, -0.2) is 19.3 Å². The van der Waals surface area contributed by atoms with Gasteiger partial charge in [-0.25, -0.2) is 0 Å². The molecule has 1 N–H and O–H groups in total. The average molecular weight is 274 g/mol. The first-order valence-electron chi connectivity index (χ1n) is 6.27. The quantitative estimate of drug-likeness (QED) is 0.908. The minimum absolute atomic E-state index is 0.115. The van der Waals surface area contributed by atoms with E-state index in [2.05, 4.69) is 0 Å². The van der Waals surface area contributed by atoms with E-state index < -0.39 is 0 Å². The molecule has 0 aromatic heterocycles. The van der Waals surface area contributed by atoms with Crippen molar-refractivity contribution >= 4 is 0 Å². The molecule has 0 bridgehead atoms. The summed E-state index contributed by atoms with van der Waals surface area (Å²) in [5, 5.41) is 9.55. The number of aromatic hydroxyl groups is 1. The third kappa shape index (κ3) is 3.15. The van der Waals surface area contributed by atoms with E-state index in [0.717, 1.165) is 11.1 Å². The second-order valence-corrected chi connectivity index (χ2v) is 4.45. The van der Waals surface area contributed by atoms with E-state index in [0.29, 0.717) is 23.9 Å². The van der Waals surface area contributed by atoms with Crippen molar-refractivity contribution in [3.63, 3.8) is 0 Å². The van der Waals surface area contributed by atoms with Gasteiger partial charge in [-0.1, -0.05) is 12.1 Å². The number of methoxy groups -OCH3 is 2. The monoisotopic (exact) mass is 274 g/mol. The van der Waals surface area contributed by atoms with Gasteiger partial charge < -0.3 is 19.3 Å². The van der Waals surface area contributed by atoms with Crippen LogP contribution in [0, 0.1) is 6.92 Å². The highest BCUT2D eigenvalue weighted by Gasteiger charge is 2.07. The lowest BCUT2D eigenvalue weighted by atomic mass is 10.2. The van der Waals surface area contributed by atoms with E-state index in [-0.39, 0.29) is 5.75 Å². The number of rotatable bonds is 5. The molecule has 0 aliphatic heterocycles. The van der Waals surface area contributed by atoms with Gasteiger partial charge in [-0.05, 0) is 42.3 Å². The van der Waals surface area contributed by atoms with Gasteiger partial charge in [-0.3, -0.25) is 0 Å². The Balaban J connectivity index is 2.12. The zero-order valence-corrected chi connectivity index (χ0v) is 11.8. The minimum atomic E-state index is 0.115. The van der Waals surface area contributed by atoms with Crippen LogP contribution in [0.15, 0.2) is 36.4 Å². The van der Waals surface area contributed by atoms with Crippen molar-refractivity contribution in [2.75, 3.05) is 14.2 Å². The molecule has 4 heteroatoms. The number of phenols is 1. The van der Waals surface area contributed by atoms with Gasteiger partial charge in [0.25, 0.3) is 0 Å². The van der Waals surface area contributed by atoms with Gasteiger partial charge >= 0.3 is 0 Å². The molecule has 0 unspecified atom stereocenters. The topological polar surface area (TPSA) is 47.9 Å². The van der Waals surface area contributed by atoms with Crippen molar-refractivity contribution in [3.8, 4) is 23.0 Å². The summed E-state index contributed by atoms with van der Waals surface area (Å²) in [7, 11) is 3.13. The standard InChI is InChI=1S/C16H18O4/c1-11-4-7-14(16(8-11)19-3)20-10-12-5-6-13(17)15(9-12)18-2/h4-9,17H,10H2,1-3H3. The molecule has 0 aliphatic rings. The fraction of sp³-hybridized carbons (Fsp3) is 0.250. The molecule has 0 atom stereocenters.